The van der Waals surface area contributed by atoms with E-state index in [0.717, 1.165) is 0 Å². The van der Waals surface area contributed by atoms with Crippen molar-refractivity contribution in [3.63, 3.8) is 0 Å². The Morgan fingerprint density at radius 2 is 2.00 bits per heavy atom. The predicted octanol–water partition coefficient (Wildman–Crippen LogP) is 1.41. The van der Waals surface area contributed by atoms with E-state index in [1.165, 1.54) is 0 Å². The van der Waals surface area contributed by atoms with Gasteiger partial charge in [-0.25, -0.2) is 0 Å². The predicted molar refractivity (Wildman–Crippen MR) is 61.6 cm³/mol. The SMILES string of the molecule is CC(C)N(CCOCC(F)(F)F)CCC(N)=NO. The minimum Gasteiger partial charge on any atom is -0.409 e. The number of rotatable bonds is 8. The van der Waals surface area contributed by atoms with E-state index < -0.39 is 12.8 Å². The second-order valence-corrected chi connectivity index (χ2v) is 4.14. The molecule has 3 N–H and O–H groups in total. The third-order valence-corrected chi connectivity index (χ3v) is 2.30. The molecule has 5 nitrogen and oxygen atoms in total. The molecule has 0 bridgehead atoms. The Morgan fingerprint density at radius 3 is 2.44 bits per heavy atom. The maximum atomic E-state index is 11.8. The molecule has 0 radical (unpaired) electrons. The number of amidine groups is 1. The molecule has 8 heteroatoms. The van der Waals surface area contributed by atoms with Gasteiger partial charge in [0.1, 0.15) is 12.4 Å². The molecule has 0 aliphatic rings. The molecule has 108 valence electrons. The number of hydrogen-bond acceptors (Lipinski definition) is 4. The fourth-order valence-corrected chi connectivity index (χ4v) is 1.31. The number of ether oxygens (including phenoxy) is 1. The number of hydrogen-bond donors (Lipinski definition) is 2. The molecule has 0 saturated carbocycles. The first kappa shape index (κ1) is 17.0. The molecule has 0 fully saturated rings. The molecule has 0 spiro atoms. The van der Waals surface area contributed by atoms with Crippen LogP contribution in [0.4, 0.5) is 13.2 Å². The van der Waals surface area contributed by atoms with Crippen molar-refractivity contribution in [3.8, 4) is 0 Å². The zero-order valence-corrected chi connectivity index (χ0v) is 10.6. The molecule has 0 aliphatic carbocycles. The normalized spacial score (nSPS) is 13.6. The average molecular weight is 271 g/mol. The monoisotopic (exact) mass is 271 g/mol. The van der Waals surface area contributed by atoms with Crippen molar-refractivity contribution in [3.05, 3.63) is 0 Å². The largest absolute Gasteiger partial charge is 0.411 e. The van der Waals surface area contributed by atoms with E-state index in [1.54, 1.807) is 0 Å². The van der Waals surface area contributed by atoms with Crippen LogP contribution in [-0.4, -0.2) is 54.5 Å². The molecule has 0 aromatic heterocycles. The highest BCUT2D eigenvalue weighted by atomic mass is 19.4. The van der Waals surface area contributed by atoms with E-state index in [-0.39, 0.29) is 18.5 Å². The van der Waals surface area contributed by atoms with Crippen molar-refractivity contribution in [2.45, 2.75) is 32.5 Å². The standard InChI is InChI=1S/C10H20F3N3O2/c1-8(2)16(4-3-9(14)15-17)5-6-18-7-10(11,12)13/h8,17H,3-7H2,1-2H3,(H2,14,15). The quantitative estimate of drug-likeness (QED) is 0.230. The van der Waals surface area contributed by atoms with E-state index in [0.29, 0.717) is 19.5 Å². The molecule has 0 aromatic carbocycles. The second kappa shape index (κ2) is 8.15. The Kier molecular flexibility index (Phi) is 7.69. The van der Waals surface area contributed by atoms with Crippen LogP contribution in [0.1, 0.15) is 20.3 Å². The van der Waals surface area contributed by atoms with E-state index in [4.69, 9.17) is 10.9 Å². The van der Waals surface area contributed by atoms with Gasteiger partial charge in [-0.15, -0.1) is 0 Å². The van der Waals surface area contributed by atoms with Crippen molar-refractivity contribution in [2.24, 2.45) is 10.9 Å². The van der Waals surface area contributed by atoms with Gasteiger partial charge in [0.2, 0.25) is 0 Å². The lowest BCUT2D eigenvalue weighted by Gasteiger charge is -2.26. The molecule has 0 atom stereocenters. The van der Waals surface area contributed by atoms with Crippen molar-refractivity contribution in [1.82, 2.24) is 4.90 Å². The fraction of sp³-hybridized carbons (Fsp3) is 0.900. The first-order chi connectivity index (χ1) is 8.26. The highest BCUT2D eigenvalue weighted by molar-refractivity contribution is 5.79. The Bertz CT molecular complexity index is 257. The van der Waals surface area contributed by atoms with Crippen LogP contribution in [0.15, 0.2) is 5.16 Å². The summed E-state index contributed by atoms with van der Waals surface area (Å²) in [5, 5.41) is 11.2. The number of oxime groups is 1. The summed E-state index contributed by atoms with van der Waals surface area (Å²) >= 11 is 0. The minimum atomic E-state index is -4.30. The van der Waals surface area contributed by atoms with Gasteiger partial charge in [0.15, 0.2) is 0 Å². The molecular weight excluding hydrogens is 251 g/mol. The smallest absolute Gasteiger partial charge is 0.409 e. The molecular formula is C10H20F3N3O2. The highest BCUT2D eigenvalue weighted by Crippen LogP contribution is 2.14. The fourth-order valence-electron chi connectivity index (χ4n) is 1.31. The molecule has 0 aromatic rings. The summed E-state index contributed by atoms with van der Waals surface area (Å²) in [6.45, 7) is 3.45. The molecule has 0 amide bonds. The van der Waals surface area contributed by atoms with Crippen LogP contribution >= 0.6 is 0 Å². The van der Waals surface area contributed by atoms with Gasteiger partial charge in [-0.1, -0.05) is 5.16 Å². The van der Waals surface area contributed by atoms with Crippen LogP contribution in [0.3, 0.4) is 0 Å². The molecule has 0 unspecified atom stereocenters. The van der Waals surface area contributed by atoms with E-state index in [2.05, 4.69) is 9.89 Å². The van der Waals surface area contributed by atoms with Crippen molar-refractivity contribution in [1.29, 1.82) is 0 Å². The molecule has 0 aliphatic heterocycles. The van der Waals surface area contributed by atoms with Crippen LogP contribution in [0, 0.1) is 0 Å². The zero-order chi connectivity index (χ0) is 14.2. The second-order valence-electron chi connectivity index (χ2n) is 4.14. The molecule has 0 heterocycles. The Morgan fingerprint density at radius 1 is 1.39 bits per heavy atom. The van der Waals surface area contributed by atoms with Crippen LogP contribution in [0.5, 0.6) is 0 Å². The van der Waals surface area contributed by atoms with Gasteiger partial charge in [-0.2, -0.15) is 13.2 Å². The maximum absolute atomic E-state index is 11.8. The summed E-state index contributed by atoms with van der Waals surface area (Å²) in [4.78, 5) is 1.90. The number of alkyl halides is 3. The van der Waals surface area contributed by atoms with Crippen molar-refractivity contribution in [2.75, 3.05) is 26.3 Å². The van der Waals surface area contributed by atoms with Gasteiger partial charge >= 0.3 is 6.18 Å². The first-order valence-corrected chi connectivity index (χ1v) is 5.61. The third-order valence-electron chi connectivity index (χ3n) is 2.30. The Labute approximate surface area is 104 Å². The Hall–Kier alpha value is -1.02. The van der Waals surface area contributed by atoms with Crippen LogP contribution in [0.2, 0.25) is 0 Å². The summed E-state index contributed by atoms with van der Waals surface area (Å²) in [6, 6.07) is 0.144. The maximum Gasteiger partial charge on any atom is 0.411 e. The van der Waals surface area contributed by atoms with Gasteiger partial charge in [0.25, 0.3) is 0 Å². The number of nitrogens with two attached hydrogens (primary N) is 1. The summed E-state index contributed by atoms with van der Waals surface area (Å²) in [5.41, 5.74) is 5.33. The minimum absolute atomic E-state index is 0.00609. The molecule has 0 rings (SSSR count). The zero-order valence-electron chi connectivity index (χ0n) is 10.6. The van der Waals surface area contributed by atoms with Crippen molar-refractivity contribution >= 4 is 5.84 Å². The van der Waals surface area contributed by atoms with E-state index in [1.807, 2.05) is 18.7 Å². The number of halogens is 3. The highest BCUT2D eigenvalue weighted by Gasteiger charge is 2.27. The van der Waals surface area contributed by atoms with E-state index >= 15 is 0 Å². The summed E-state index contributed by atoms with van der Waals surface area (Å²) in [5.74, 6) is 0.0943. The summed E-state index contributed by atoms with van der Waals surface area (Å²) in [6.07, 6.45) is -3.94. The van der Waals surface area contributed by atoms with Gasteiger partial charge < -0.3 is 15.7 Å². The van der Waals surface area contributed by atoms with Crippen LogP contribution in [0.25, 0.3) is 0 Å². The third kappa shape index (κ3) is 9.06. The van der Waals surface area contributed by atoms with Gasteiger partial charge in [0, 0.05) is 25.6 Å². The molecule has 0 saturated heterocycles. The lowest BCUT2D eigenvalue weighted by atomic mass is 10.2. The van der Waals surface area contributed by atoms with Gasteiger partial charge in [-0.05, 0) is 13.8 Å². The average Bonchev–Trinajstić information content (AvgIpc) is 2.25. The molecule has 18 heavy (non-hydrogen) atoms. The van der Waals surface area contributed by atoms with Crippen LogP contribution < -0.4 is 5.73 Å². The van der Waals surface area contributed by atoms with Gasteiger partial charge in [-0.3, -0.25) is 4.90 Å². The first-order valence-electron chi connectivity index (χ1n) is 5.61. The summed E-state index contributed by atoms with van der Waals surface area (Å²) < 4.78 is 40.1. The van der Waals surface area contributed by atoms with Crippen LogP contribution in [-0.2, 0) is 4.74 Å². The topological polar surface area (TPSA) is 71.1 Å². The lowest BCUT2D eigenvalue weighted by molar-refractivity contribution is -0.174. The number of nitrogens with zero attached hydrogens (tertiary/aromatic N) is 2. The lowest BCUT2D eigenvalue weighted by Crippen LogP contribution is -2.37. The van der Waals surface area contributed by atoms with E-state index in [9.17, 15) is 13.2 Å². The van der Waals surface area contributed by atoms with Crippen molar-refractivity contribution < 1.29 is 23.1 Å². The summed E-state index contributed by atoms with van der Waals surface area (Å²) in [7, 11) is 0. The Balaban J connectivity index is 3.91. The van der Waals surface area contributed by atoms with Gasteiger partial charge in [0.05, 0.1) is 6.61 Å².